The van der Waals surface area contributed by atoms with Crippen LogP contribution >= 0.6 is 0 Å². The molecule has 0 unspecified atom stereocenters. The fourth-order valence-corrected chi connectivity index (χ4v) is 0.417. The summed E-state index contributed by atoms with van der Waals surface area (Å²) in [5.41, 5.74) is 0. The van der Waals surface area contributed by atoms with Crippen LogP contribution in [0.1, 0.15) is 6.92 Å². The fraction of sp³-hybridized carbons (Fsp3) is 0.286. The summed E-state index contributed by atoms with van der Waals surface area (Å²) in [6.45, 7) is 1.24. The molecule has 0 aromatic rings. The molecule has 0 aliphatic heterocycles. The van der Waals surface area contributed by atoms with Gasteiger partial charge in [0.05, 0.1) is 6.54 Å². The number of carbonyl (C=O) groups is 3. The summed E-state index contributed by atoms with van der Waals surface area (Å²) < 4.78 is 0. The Labute approximate surface area is 69.1 Å². The van der Waals surface area contributed by atoms with E-state index in [1.165, 1.54) is 6.92 Å². The summed E-state index contributed by atoms with van der Waals surface area (Å²) in [7, 11) is 0. The molecule has 0 aliphatic rings. The minimum Gasteiger partial charge on any atom is -0.478 e. The molecule has 0 bridgehead atoms. The Hall–Kier alpha value is -1.65. The smallest absolute Gasteiger partial charge is 0.328 e. The second-order valence-electron chi connectivity index (χ2n) is 2.09. The molecule has 0 saturated carbocycles. The second-order valence-corrected chi connectivity index (χ2v) is 2.09. The first-order valence-electron chi connectivity index (χ1n) is 3.20. The van der Waals surface area contributed by atoms with E-state index < -0.39 is 11.9 Å². The molecule has 0 heterocycles. The summed E-state index contributed by atoms with van der Waals surface area (Å²) in [5.74, 6) is -1.98. The van der Waals surface area contributed by atoms with Crippen molar-refractivity contribution in [2.45, 2.75) is 6.92 Å². The normalized spacial score (nSPS) is 9.75. The molecule has 0 atom stereocenters. The van der Waals surface area contributed by atoms with Gasteiger partial charge in [-0.05, 0) is 6.92 Å². The van der Waals surface area contributed by atoms with Crippen LogP contribution in [-0.4, -0.2) is 29.3 Å². The average molecular weight is 171 g/mol. The van der Waals surface area contributed by atoms with Crippen LogP contribution < -0.4 is 5.32 Å². The number of amides is 1. The van der Waals surface area contributed by atoms with Crippen LogP contribution in [0, 0.1) is 0 Å². The van der Waals surface area contributed by atoms with Crippen molar-refractivity contribution >= 4 is 17.7 Å². The van der Waals surface area contributed by atoms with Crippen molar-refractivity contribution in [1.29, 1.82) is 0 Å². The zero-order valence-corrected chi connectivity index (χ0v) is 6.53. The Balaban J connectivity index is 3.75. The second kappa shape index (κ2) is 5.06. The topological polar surface area (TPSA) is 83.5 Å². The van der Waals surface area contributed by atoms with Crippen molar-refractivity contribution in [2.24, 2.45) is 0 Å². The molecule has 0 spiro atoms. The van der Waals surface area contributed by atoms with Crippen molar-refractivity contribution in [3.05, 3.63) is 12.2 Å². The van der Waals surface area contributed by atoms with E-state index in [1.807, 2.05) is 0 Å². The molecule has 2 N–H and O–H groups in total. The van der Waals surface area contributed by atoms with Crippen molar-refractivity contribution in [1.82, 2.24) is 5.32 Å². The number of carbonyl (C=O) groups excluding carboxylic acids is 2. The van der Waals surface area contributed by atoms with Gasteiger partial charge >= 0.3 is 5.97 Å². The maximum absolute atomic E-state index is 10.6. The molecule has 0 aromatic heterocycles. The van der Waals surface area contributed by atoms with Crippen molar-refractivity contribution in [2.75, 3.05) is 6.54 Å². The van der Waals surface area contributed by atoms with E-state index in [0.717, 1.165) is 6.08 Å². The van der Waals surface area contributed by atoms with Gasteiger partial charge in [-0.25, -0.2) is 4.79 Å². The highest BCUT2D eigenvalue weighted by Crippen LogP contribution is 1.74. The molecule has 5 heteroatoms. The number of carboxylic acids is 1. The number of carboxylic acid groups (broad SMARTS) is 1. The molecule has 12 heavy (non-hydrogen) atoms. The zero-order chi connectivity index (χ0) is 9.56. The van der Waals surface area contributed by atoms with Crippen molar-refractivity contribution in [3.63, 3.8) is 0 Å². The lowest BCUT2D eigenvalue weighted by molar-refractivity contribution is -0.131. The van der Waals surface area contributed by atoms with Gasteiger partial charge < -0.3 is 10.4 Å². The molecular weight excluding hydrogens is 162 g/mol. The van der Waals surface area contributed by atoms with Gasteiger partial charge in [0.1, 0.15) is 5.78 Å². The molecule has 0 fully saturated rings. The Bertz CT molecular complexity index is 232. The minimum atomic E-state index is -1.20. The third kappa shape index (κ3) is 6.47. The monoisotopic (exact) mass is 171 g/mol. The van der Waals surface area contributed by atoms with E-state index in [0.29, 0.717) is 6.08 Å². The predicted octanol–water partition coefficient (Wildman–Crippen LogP) is -0.668. The standard InChI is InChI=1S/C7H9NO4/c1-5(9)4-8-6(10)2-3-7(11)12/h2-3H,4H2,1H3,(H,8,10)(H,11,12)/b3-2-. The first-order chi connectivity index (χ1) is 5.52. The number of hydrogen-bond donors (Lipinski definition) is 2. The fourth-order valence-electron chi connectivity index (χ4n) is 0.417. The molecule has 0 aliphatic carbocycles. The van der Waals surface area contributed by atoms with E-state index in [-0.39, 0.29) is 12.3 Å². The van der Waals surface area contributed by atoms with Crippen molar-refractivity contribution in [3.8, 4) is 0 Å². The Morgan fingerprint density at radius 2 is 1.92 bits per heavy atom. The van der Waals surface area contributed by atoms with Gasteiger partial charge in [-0.1, -0.05) is 0 Å². The highest BCUT2D eigenvalue weighted by Gasteiger charge is 1.97. The number of hydrogen-bond acceptors (Lipinski definition) is 3. The van der Waals surface area contributed by atoms with Crippen LogP contribution in [-0.2, 0) is 14.4 Å². The van der Waals surface area contributed by atoms with E-state index in [2.05, 4.69) is 5.32 Å². The Morgan fingerprint density at radius 3 is 2.33 bits per heavy atom. The third-order valence-electron chi connectivity index (χ3n) is 0.889. The number of rotatable bonds is 4. The zero-order valence-electron chi connectivity index (χ0n) is 6.53. The molecule has 1 amide bonds. The molecular formula is C7H9NO4. The summed E-state index contributed by atoms with van der Waals surface area (Å²) in [4.78, 5) is 30.9. The van der Waals surface area contributed by atoms with Crippen LogP contribution in [0.5, 0.6) is 0 Å². The van der Waals surface area contributed by atoms with E-state index >= 15 is 0 Å². The molecule has 0 rings (SSSR count). The SMILES string of the molecule is CC(=O)CNC(=O)/C=C\C(=O)O. The van der Waals surface area contributed by atoms with Gasteiger partial charge in [0.15, 0.2) is 0 Å². The van der Waals surface area contributed by atoms with Gasteiger partial charge in [-0.15, -0.1) is 0 Å². The lowest BCUT2D eigenvalue weighted by Gasteiger charge is -1.95. The summed E-state index contributed by atoms with van der Waals surface area (Å²) in [6.07, 6.45) is 1.56. The van der Waals surface area contributed by atoms with Crippen LogP contribution in [0.4, 0.5) is 0 Å². The number of Topliss-reactive ketones (excluding diaryl/α,β-unsaturated/α-hetero) is 1. The highest BCUT2D eigenvalue weighted by molar-refractivity contribution is 5.95. The van der Waals surface area contributed by atoms with E-state index in [4.69, 9.17) is 5.11 Å². The quantitative estimate of drug-likeness (QED) is 0.549. The number of nitrogens with one attached hydrogen (secondary N) is 1. The van der Waals surface area contributed by atoms with Gasteiger partial charge in [0, 0.05) is 12.2 Å². The lowest BCUT2D eigenvalue weighted by Crippen LogP contribution is -2.26. The largest absolute Gasteiger partial charge is 0.478 e. The summed E-state index contributed by atoms with van der Waals surface area (Å²) in [5, 5.41) is 10.3. The van der Waals surface area contributed by atoms with Crippen LogP contribution in [0.15, 0.2) is 12.2 Å². The van der Waals surface area contributed by atoms with Gasteiger partial charge in [-0.2, -0.15) is 0 Å². The highest BCUT2D eigenvalue weighted by atomic mass is 16.4. The molecule has 0 saturated heterocycles. The number of aliphatic carboxylic acids is 1. The van der Waals surface area contributed by atoms with Gasteiger partial charge in [0.2, 0.25) is 5.91 Å². The van der Waals surface area contributed by atoms with E-state index in [9.17, 15) is 14.4 Å². The molecule has 0 radical (unpaired) electrons. The number of ketones is 1. The van der Waals surface area contributed by atoms with E-state index in [1.54, 1.807) is 0 Å². The molecule has 0 aromatic carbocycles. The van der Waals surface area contributed by atoms with Gasteiger partial charge in [-0.3, -0.25) is 9.59 Å². The summed E-state index contributed by atoms with van der Waals surface area (Å²) in [6, 6.07) is 0. The minimum absolute atomic E-state index is 0.0806. The third-order valence-corrected chi connectivity index (χ3v) is 0.889. The van der Waals surface area contributed by atoms with Gasteiger partial charge in [0.25, 0.3) is 0 Å². The lowest BCUT2D eigenvalue weighted by atomic mass is 10.4. The van der Waals surface area contributed by atoms with Crippen LogP contribution in [0.25, 0.3) is 0 Å². The van der Waals surface area contributed by atoms with Crippen molar-refractivity contribution < 1.29 is 19.5 Å². The summed E-state index contributed by atoms with van der Waals surface area (Å²) >= 11 is 0. The van der Waals surface area contributed by atoms with Crippen LogP contribution in [0.3, 0.4) is 0 Å². The Kier molecular flexibility index (Phi) is 4.36. The van der Waals surface area contributed by atoms with Crippen LogP contribution in [0.2, 0.25) is 0 Å². The predicted molar refractivity (Wildman–Crippen MR) is 40.5 cm³/mol. The first-order valence-corrected chi connectivity index (χ1v) is 3.20. The maximum atomic E-state index is 10.6. The molecule has 5 nitrogen and oxygen atoms in total. The average Bonchev–Trinajstić information content (AvgIpc) is 1.96. The maximum Gasteiger partial charge on any atom is 0.328 e. The molecule has 66 valence electrons. The first kappa shape index (κ1) is 10.3. The Morgan fingerprint density at radius 1 is 1.33 bits per heavy atom.